The zero-order chi connectivity index (χ0) is 6.41. The van der Waals surface area contributed by atoms with Gasteiger partial charge in [0.05, 0.1) is 6.51 Å². The molecule has 0 unspecified atom stereocenters. The Morgan fingerprint density at radius 3 is 1.75 bits per heavy atom. The number of hydrogen-bond donors (Lipinski definition) is 0. The maximum Gasteiger partial charge on any atom is 0.484 e. The molecule has 0 saturated heterocycles. The van der Waals surface area contributed by atoms with Crippen LogP contribution in [0.2, 0.25) is 0 Å². The molecule has 0 amide bonds. The first-order chi connectivity index (χ1) is 3.85. The minimum absolute atomic E-state index is 0.222. The Morgan fingerprint density at radius 1 is 1.12 bits per heavy atom. The van der Waals surface area contributed by atoms with Gasteiger partial charge in [0.25, 0.3) is 0 Å². The van der Waals surface area contributed by atoms with Crippen molar-refractivity contribution in [1.82, 2.24) is 0 Å². The molecule has 0 aromatic carbocycles. The Bertz CT molecular complexity index is 46.5. The van der Waals surface area contributed by atoms with Crippen LogP contribution in [0.4, 0.5) is 0 Å². The fraction of sp³-hybridized carbons (Fsp3) is 1.00. The highest BCUT2D eigenvalue weighted by molar-refractivity contribution is 6.44. The lowest BCUT2D eigenvalue weighted by Gasteiger charge is -2.04. The molecule has 8 heavy (non-hydrogen) atoms. The van der Waals surface area contributed by atoms with Gasteiger partial charge in [-0.1, -0.05) is 0 Å². The second-order valence-corrected chi connectivity index (χ2v) is 1.36. The van der Waals surface area contributed by atoms with Gasteiger partial charge in [0.15, 0.2) is 0 Å². The molecule has 4 heteroatoms. The number of ether oxygens (including phenoxy) is 1. The first kappa shape index (κ1) is 7.94. The van der Waals surface area contributed by atoms with Gasteiger partial charge in [-0.3, -0.25) is 0 Å². The van der Waals surface area contributed by atoms with Crippen molar-refractivity contribution in [3.8, 4) is 0 Å². The largest absolute Gasteiger partial charge is 0.484 e. The van der Waals surface area contributed by atoms with E-state index in [-0.39, 0.29) is 7.12 Å². The van der Waals surface area contributed by atoms with Gasteiger partial charge in [0.2, 0.25) is 0 Å². The van der Waals surface area contributed by atoms with Gasteiger partial charge < -0.3 is 14.0 Å². The Kier molecular flexibility index (Phi) is 5.05. The van der Waals surface area contributed by atoms with E-state index in [4.69, 9.17) is 14.0 Å². The smallest absolute Gasteiger partial charge is 0.412 e. The number of methoxy groups -OCH3 is 1. The average molecular weight is 118 g/mol. The van der Waals surface area contributed by atoms with Crippen molar-refractivity contribution in [3.63, 3.8) is 0 Å². The van der Waals surface area contributed by atoms with Crippen LogP contribution in [0.1, 0.15) is 0 Å². The quantitative estimate of drug-likeness (QED) is 0.484. The van der Waals surface area contributed by atoms with Crippen LogP contribution in [-0.4, -0.2) is 35.0 Å². The zero-order valence-corrected chi connectivity index (χ0v) is 5.51. The second-order valence-electron chi connectivity index (χ2n) is 1.36. The third kappa shape index (κ3) is 3.01. The highest BCUT2D eigenvalue weighted by Gasteiger charge is 2.12. The van der Waals surface area contributed by atoms with E-state index in [2.05, 4.69) is 0 Å². The summed E-state index contributed by atoms with van der Waals surface area (Å²) in [6.07, 6.45) is 0. The summed E-state index contributed by atoms with van der Waals surface area (Å²) in [4.78, 5) is 0. The molecule has 0 heterocycles. The van der Waals surface area contributed by atoms with Crippen molar-refractivity contribution in [3.05, 3.63) is 0 Å². The second kappa shape index (κ2) is 5.09. The number of rotatable bonds is 4. The van der Waals surface area contributed by atoms with E-state index in [9.17, 15) is 0 Å². The maximum absolute atomic E-state index is 4.79. The van der Waals surface area contributed by atoms with Crippen molar-refractivity contribution in [2.45, 2.75) is 0 Å². The first-order valence-electron chi connectivity index (χ1n) is 2.39. The van der Waals surface area contributed by atoms with Crippen LogP contribution in [-0.2, 0) is 14.0 Å². The van der Waals surface area contributed by atoms with Gasteiger partial charge in [0.1, 0.15) is 0 Å². The molecule has 0 aromatic heterocycles. The van der Waals surface area contributed by atoms with Gasteiger partial charge in [-0.25, -0.2) is 0 Å². The van der Waals surface area contributed by atoms with Crippen LogP contribution in [0.5, 0.6) is 0 Å². The predicted molar refractivity (Wildman–Crippen MR) is 31.6 cm³/mol. The molecule has 0 rings (SSSR count). The molecule has 0 saturated carbocycles. The lowest BCUT2D eigenvalue weighted by molar-refractivity contribution is 0.186. The minimum Gasteiger partial charge on any atom is -0.412 e. The van der Waals surface area contributed by atoms with Crippen LogP contribution in [0.25, 0.3) is 0 Å². The van der Waals surface area contributed by atoms with Crippen LogP contribution in [0.15, 0.2) is 0 Å². The Hall–Kier alpha value is -0.0551. The molecule has 3 nitrogen and oxygen atoms in total. The van der Waals surface area contributed by atoms with E-state index in [1.54, 1.807) is 21.3 Å². The summed E-state index contributed by atoms with van der Waals surface area (Å²) in [7, 11) is 4.53. The summed E-state index contributed by atoms with van der Waals surface area (Å²) in [5, 5.41) is 0. The standard InChI is InChI=1S/C4H11BO3/c1-6-4-5(7-2)8-3/h4H2,1-3H3. The van der Waals surface area contributed by atoms with Gasteiger partial charge in [-0.05, 0) is 0 Å². The molecule has 0 atom stereocenters. The third-order valence-electron chi connectivity index (χ3n) is 0.829. The normalized spacial score (nSPS) is 9.38. The van der Waals surface area contributed by atoms with E-state index < -0.39 is 0 Å². The SMILES string of the molecule is COCB(OC)OC. The first-order valence-corrected chi connectivity index (χ1v) is 2.39. The molecule has 0 radical (unpaired) electrons. The lowest BCUT2D eigenvalue weighted by Crippen LogP contribution is -2.25. The van der Waals surface area contributed by atoms with E-state index >= 15 is 0 Å². The van der Waals surface area contributed by atoms with Gasteiger partial charge in [-0.15, -0.1) is 0 Å². The van der Waals surface area contributed by atoms with Crippen LogP contribution in [0, 0.1) is 0 Å². The molecule has 0 aliphatic heterocycles. The van der Waals surface area contributed by atoms with Gasteiger partial charge >= 0.3 is 7.12 Å². The fourth-order valence-electron chi connectivity index (χ4n) is 0.368. The topological polar surface area (TPSA) is 27.7 Å². The Morgan fingerprint density at radius 2 is 1.62 bits per heavy atom. The minimum atomic E-state index is -0.222. The fourth-order valence-corrected chi connectivity index (χ4v) is 0.368. The molecule has 0 aliphatic carbocycles. The zero-order valence-electron chi connectivity index (χ0n) is 5.51. The molecule has 0 spiro atoms. The summed E-state index contributed by atoms with van der Waals surface area (Å²) in [6, 6.07) is 0. The van der Waals surface area contributed by atoms with E-state index in [1.165, 1.54) is 0 Å². The molecule has 0 bridgehead atoms. The summed E-state index contributed by atoms with van der Waals surface area (Å²) in [5.74, 6) is 0. The van der Waals surface area contributed by atoms with Crippen molar-refractivity contribution in [2.75, 3.05) is 27.8 Å². The van der Waals surface area contributed by atoms with Crippen molar-refractivity contribution < 1.29 is 14.0 Å². The molecule has 48 valence electrons. The highest BCUT2D eigenvalue weighted by atomic mass is 16.6. The van der Waals surface area contributed by atoms with Crippen molar-refractivity contribution in [2.24, 2.45) is 0 Å². The average Bonchev–Trinajstić information content (AvgIpc) is 1.83. The molecule has 0 N–H and O–H groups in total. The van der Waals surface area contributed by atoms with Crippen molar-refractivity contribution >= 4 is 7.12 Å². The number of hydrogen-bond acceptors (Lipinski definition) is 3. The maximum atomic E-state index is 4.79. The third-order valence-corrected chi connectivity index (χ3v) is 0.829. The molecule has 0 aromatic rings. The summed E-state index contributed by atoms with van der Waals surface area (Å²) >= 11 is 0. The van der Waals surface area contributed by atoms with E-state index in [0.29, 0.717) is 6.51 Å². The predicted octanol–water partition coefficient (Wildman–Crippen LogP) is -0.0470. The van der Waals surface area contributed by atoms with Crippen LogP contribution in [0.3, 0.4) is 0 Å². The molecular weight excluding hydrogens is 107 g/mol. The molecular formula is C4H11BO3. The molecule has 0 fully saturated rings. The van der Waals surface area contributed by atoms with Gasteiger partial charge in [0, 0.05) is 21.3 Å². The summed E-state index contributed by atoms with van der Waals surface area (Å²) < 4.78 is 14.3. The summed E-state index contributed by atoms with van der Waals surface area (Å²) in [6.45, 7) is 0.479. The lowest BCUT2D eigenvalue weighted by atomic mass is 9.93. The monoisotopic (exact) mass is 118 g/mol. The van der Waals surface area contributed by atoms with E-state index in [0.717, 1.165) is 0 Å². The van der Waals surface area contributed by atoms with Crippen LogP contribution >= 0.6 is 0 Å². The molecule has 0 aliphatic rings. The van der Waals surface area contributed by atoms with Gasteiger partial charge in [-0.2, -0.15) is 0 Å². The Balaban J connectivity index is 3.07. The Labute approximate surface area is 50.1 Å². The van der Waals surface area contributed by atoms with E-state index in [1.807, 2.05) is 0 Å². The highest BCUT2D eigenvalue weighted by Crippen LogP contribution is 1.82. The van der Waals surface area contributed by atoms with Crippen LogP contribution < -0.4 is 0 Å². The van der Waals surface area contributed by atoms with Crippen molar-refractivity contribution in [1.29, 1.82) is 0 Å². The summed E-state index contributed by atoms with van der Waals surface area (Å²) in [5.41, 5.74) is 0.